The lowest BCUT2D eigenvalue weighted by Crippen LogP contribution is -2.51. The van der Waals surface area contributed by atoms with E-state index >= 15 is 0 Å². The molecule has 232 valence electrons. The molecule has 4 N–H and O–H groups in total. The van der Waals surface area contributed by atoms with E-state index in [-0.39, 0.29) is 23.0 Å². The van der Waals surface area contributed by atoms with Gasteiger partial charge in [-0.3, -0.25) is 0 Å². The molecule has 5 heteroatoms. The average Bonchev–Trinajstić information content (AvgIpc) is 3.24. The van der Waals surface area contributed by atoms with E-state index in [1.165, 1.54) is 50.5 Å². The van der Waals surface area contributed by atoms with Gasteiger partial charge >= 0.3 is 0 Å². The summed E-state index contributed by atoms with van der Waals surface area (Å²) in [6.07, 6.45) is 16.1. The van der Waals surface area contributed by atoms with Crippen molar-refractivity contribution in [2.75, 3.05) is 0 Å². The number of allylic oxidation sites excluding steroid dienone is 1. The Bertz CT molecular complexity index is 1030. The molecule has 1 spiro atoms. The lowest BCUT2D eigenvalue weighted by atomic mass is 9.46. The van der Waals surface area contributed by atoms with E-state index < -0.39 is 17.8 Å². The Hall–Kier alpha value is -0.460. The molecule has 41 heavy (non-hydrogen) atoms. The zero-order valence-corrected chi connectivity index (χ0v) is 26.1. The van der Waals surface area contributed by atoms with E-state index in [0.29, 0.717) is 53.4 Å². The molecule has 15 atom stereocenters. The first-order valence-corrected chi connectivity index (χ1v) is 17.5. The molecular formula is C36H58O5. The number of rotatable bonds is 4. The molecule has 7 rings (SSSR count). The van der Waals surface area contributed by atoms with E-state index in [4.69, 9.17) is 11.3 Å². The minimum Gasteiger partial charge on any atom is -0.393 e. The summed E-state index contributed by atoms with van der Waals surface area (Å²) in [7, 11) is 0. The Morgan fingerprint density at radius 3 is 2.37 bits per heavy atom. The van der Waals surface area contributed by atoms with Crippen molar-refractivity contribution >= 4 is 0 Å². The van der Waals surface area contributed by atoms with Crippen molar-refractivity contribution in [3.8, 4) is 0 Å². The van der Waals surface area contributed by atoms with Gasteiger partial charge in [-0.2, -0.15) is 0 Å². The Morgan fingerprint density at radius 1 is 0.854 bits per heavy atom. The molecule has 7 fully saturated rings. The number of ether oxygens (including phenoxy) is 1. The molecule has 1 aliphatic heterocycles. The van der Waals surface area contributed by atoms with Gasteiger partial charge in [-0.25, -0.2) is 0 Å². The van der Waals surface area contributed by atoms with Gasteiger partial charge in [0.15, 0.2) is 0 Å². The van der Waals surface area contributed by atoms with Crippen LogP contribution in [-0.4, -0.2) is 56.0 Å². The van der Waals surface area contributed by atoms with Crippen LogP contribution >= 0.6 is 0 Å². The zero-order chi connectivity index (χ0) is 28.9. The third kappa shape index (κ3) is 4.73. The van der Waals surface area contributed by atoms with Gasteiger partial charge in [-0.05, 0) is 157 Å². The fourth-order valence-electron chi connectivity index (χ4n) is 12.5. The second kappa shape index (κ2) is 10.0. The number of hydrogen-bond acceptors (Lipinski definition) is 5. The lowest BCUT2D eigenvalue weighted by molar-refractivity contribution is -0.127. The normalized spacial score (nSPS) is 56.5. The quantitative estimate of drug-likeness (QED) is 0.240. The van der Waals surface area contributed by atoms with E-state index in [1.807, 2.05) is 0 Å². The molecule has 15 unspecified atom stereocenters. The van der Waals surface area contributed by atoms with Gasteiger partial charge in [0.1, 0.15) is 0 Å². The highest BCUT2D eigenvalue weighted by Gasteiger charge is 2.67. The third-order valence-corrected chi connectivity index (χ3v) is 14.9. The number of aliphatic hydroxyl groups is 4. The standard InChI is InChI=1S/C36H58O5/c1-21-16-35(14-11-25(17-35)24-6-7-26-9-10-28(38)19-36(26,40)18-24)32-34(4,41-32)13-12-30-29(21)20-33(30,3)27-8-5-23(15-27)31(39)22(2)37/h22-32,37-40H,1,5-20H2,2-4H3. The van der Waals surface area contributed by atoms with Crippen molar-refractivity contribution in [1.82, 2.24) is 0 Å². The molecule has 6 saturated carbocycles. The molecule has 0 bridgehead atoms. The summed E-state index contributed by atoms with van der Waals surface area (Å²) in [5.74, 6) is 3.72. The Labute approximate surface area is 248 Å². The second-order valence-electron chi connectivity index (χ2n) is 17.3. The van der Waals surface area contributed by atoms with Crippen LogP contribution in [0.4, 0.5) is 0 Å². The highest BCUT2D eigenvalue weighted by molar-refractivity contribution is 5.24. The van der Waals surface area contributed by atoms with Crippen molar-refractivity contribution in [3.05, 3.63) is 12.2 Å². The maximum atomic E-state index is 11.6. The number of fused-ring (bicyclic) bond motifs is 4. The van der Waals surface area contributed by atoms with Gasteiger partial charge in [-0.15, -0.1) is 0 Å². The summed E-state index contributed by atoms with van der Waals surface area (Å²) >= 11 is 0. The smallest absolute Gasteiger partial charge is 0.0930 e. The fourth-order valence-corrected chi connectivity index (χ4v) is 12.5. The van der Waals surface area contributed by atoms with E-state index in [2.05, 4.69) is 13.8 Å². The molecular weight excluding hydrogens is 512 g/mol. The molecule has 6 aliphatic carbocycles. The summed E-state index contributed by atoms with van der Waals surface area (Å²) in [4.78, 5) is 0. The van der Waals surface area contributed by atoms with Gasteiger partial charge in [0, 0.05) is 11.8 Å². The monoisotopic (exact) mass is 570 g/mol. The van der Waals surface area contributed by atoms with Crippen LogP contribution < -0.4 is 0 Å². The van der Waals surface area contributed by atoms with Gasteiger partial charge in [0.25, 0.3) is 0 Å². The Morgan fingerprint density at radius 2 is 1.59 bits per heavy atom. The number of hydrogen-bond donors (Lipinski definition) is 4. The number of epoxide rings is 1. The Balaban J connectivity index is 1.05. The first-order chi connectivity index (χ1) is 19.4. The second-order valence-corrected chi connectivity index (χ2v) is 17.3. The van der Waals surface area contributed by atoms with E-state index in [1.54, 1.807) is 6.92 Å². The van der Waals surface area contributed by atoms with Gasteiger partial charge in [-0.1, -0.05) is 19.1 Å². The van der Waals surface area contributed by atoms with Crippen LogP contribution in [0.2, 0.25) is 0 Å². The first-order valence-electron chi connectivity index (χ1n) is 17.5. The van der Waals surface area contributed by atoms with Gasteiger partial charge in [0.2, 0.25) is 0 Å². The maximum absolute atomic E-state index is 11.6. The summed E-state index contributed by atoms with van der Waals surface area (Å²) in [5.41, 5.74) is 1.31. The predicted octanol–water partition coefficient (Wildman–Crippen LogP) is 6.16. The topological polar surface area (TPSA) is 93.5 Å². The van der Waals surface area contributed by atoms with Crippen LogP contribution in [0.15, 0.2) is 12.2 Å². The molecule has 0 aromatic heterocycles. The molecule has 0 radical (unpaired) electrons. The molecule has 5 nitrogen and oxygen atoms in total. The summed E-state index contributed by atoms with van der Waals surface area (Å²) in [5, 5.41) is 42.6. The minimum absolute atomic E-state index is 0.00930. The van der Waals surface area contributed by atoms with Crippen molar-refractivity contribution in [2.24, 2.45) is 52.3 Å². The van der Waals surface area contributed by atoms with Gasteiger partial charge < -0.3 is 25.2 Å². The van der Waals surface area contributed by atoms with Crippen LogP contribution in [0, 0.1) is 52.3 Å². The predicted molar refractivity (Wildman–Crippen MR) is 160 cm³/mol. The SMILES string of the molecule is C=C1CC2(CCC(C3CCC4CCC(O)CC4(O)C3)C2)C2OC2(C)CCC2C1CC2(C)C1CCC(C(O)C(C)O)C1. The molecule has 7 aliphatic rings. The summed E-state index contributed by atoms with van der Waals surface area (Å²) in [6, 6.07) is 0. The molecule has 0 aromatic carbocycles. The molecule has 0 amide bonds. The van der Waals surface area contributed by atoms with Gasteiger partial charge in [0.05, 0.1) is 35.6 Å². The minimum atomic E-state index is -0.656. The lowest BCUT2D eigenvalue weighted by Gasteiger charge is -2.58. The van der Waals surface area contributed by atoms with Crippen LogP contribution in [-0.2, 0) is 4.74 Å². The average molecular weight is 571 g/mol. The summed E-state index contributed by atoms with van der Waals surface area (Å²) in [6.45, 7) is 11.4. The van der Waals surface area contributed by atoms with Crippen LogP contribution in [0.3, 0.4) is 0 Å². The van der Waals surface area contributed by atoms with Crippen LogP contribution in [0.25, 0.3) is 0 Å². The summed E-state index contributed by atoms with van der Waals surface area (Å²) < 4.78 is 6.71. The third-order valence-electron chi connectivity index (χ3n) is 14.9. The van der Waals surface area contributed by atoms with E-state index in [9.17, 15) is 20.4 Å². The van der Waals surface area contributed by atoms with Crippen molar-refractivity contribution in [2.45, 2.75) is 159 Å². The molecule has 1 saturated heterocycles. The van der Waals surface area contributed by atoms with Crippen molar-refractivity contribution in [3.63, 3.8) is 0 Å². The maximum Gasteiger partial charge on any atom is 0.0930 e. The number of aliphatic hydroxyl groups excluding tert-OH is 3. The van der Waals surface area contributed by atoms with Crippen molar-refractivity contribution < 1.29 is 25.2 Å². The van der Waals surface area contributed by atoms with E-state index in [0.717, 1.165) is 51.4 Å². The zero-order valence-electron chi connectivity index (χ0n) is 26.1. The highest BCUT2D eigenvalue weighted by atomic mass is 16.6. The molecule has 0 aromatic rings. The van der Waals surface area contributed by atoms with Crippen molar-refractivity contribution in [1.29, 1.82) is 0 Å². The first kappa shape index (κ1) is 29.3. The largest absolute Gasteiger partial charge is 0.393 e. The van der Waals surface area contributed by atoms with Crippen LogP contribution in [0.5, 0.6) is 0 Å². The molecule has 1 heterocycles. The Kier molecular flexibility index (Phi) is 7.15. The fraction of sp³-hybridized carbons (Fsp3) is 0.944. The van der Waals surface area contributed by atoms with Crippen LogP contribution in [0.1, 0.15) is 124 Å². The highest BCUT2D eigenvalue weighted by Crippen LogP contribution is 2.69.